The molecular weight excluding hydrogens is 339 g/mol. The molecule has 1 N–H and O–H groups in total. The quantitative estimate of drug-likeness (QED) is 0.911. The van der Waals surface area contributed by atoms with E-state index in [1.54, 1.807) is 12.3 Å². The summed E-state index contributed by atoms with van der Waals surface area (Å²) in [5.41, 5.74) is 1.29. The Labute approximate surface area is 147 Å². The molecule has 0 aromatic carbocycles. The molecular formula is C15H20Cl2N4O2. The Morgan fingerprint density at radius 1 is 1.35 bits per heavy atom. The van der Waals surface area contributed by atoms with Crippen molar-refractivity contribution >= 4 is 30.7 Å². The Morgan fingerprint density at radius 2 is 2.17 bits per heavy atom. The summed E-state index contributed by atoms with van der Waals surface area (Å²) in [5, 5.41) is 7.16. The largest absolute Gasteiger partial charge is 0.350 e. The number of likely N-dealkylation sites (N-methyl/N-ethyl adjacent to an activating group) is 1. The minimum Gasteiger partial charge on any atom is -0.350 e. The fourth-order valence-electron chi connectivity index (χ4n) is 2.56. The van der Waals surface area contributed by atoms with E-state index in [1.807, 2.05) is 30.1 Å². The molecule has 1 amide bonds. The van der Waals surface area contributed by atoms with Gasteiger partial charge in [-0.1, -0.05) is 11.2 Å². The van der Waals surface area contributed by atoms with Gasteiger partial charge in [0.15, 0.2) is 0 Å². The number of carbonyl (C=O) groups excluding carboxylic acids is 1. The Hall–Kier alpha value is -1.63. The first-order chi connectivity index (χ1) is 10.3. The molecule has 1 aliphatic heterocycles. The van der Waals surface area contributed by atoms with Crippen LogP contribution in [-0.2, 0) is 0 Å². The number of piperidine rings is 1. The lowest BCUT2D eigenvalue weighted by Gasteiger charge is -2.31. The van der Waals surface area contributed by atoms with Gasteiger partial charge in [0.1, 0.15) is 5.69 Å². The van der Waals surface area contributed by atoms with E-state index in [2.05, 4.69) is 15.5 Å². The lowest BCUT2D eigenvalue weighted by molar-refractivity contribution is 0.0656. The van der Waals surface area contributed by atoms with Crippen molar-refractivity contribution in [3.05, 3.63) is 36.2 Å². The number of hydrogen-bond acceptors (Lipinski definition) is 5. The van der Waals surface area contributed by atoms with Gasteiger partial charge < -0.3 is 14.7 Å². The minimum absolute atomic E-state index is 0. The van der Waals surface area contributed by atoms with Crippen molar-refractivity contribution < 1.29 is 9.32 Å². The summed E-state index contributed by atoms with van der Waals surface area (Å²) in [6, 6.07) is 7.56. The zero-order valence-electron chi connectivity index (χ0n) is 12.8. The van der Waals surface area contributed by atoms with E-state index >= 15 is 0 Å². The van der Waals surface area contributed by atoms with Gasteiger partial charge >= 0.3 is 0 Å². The predicted molar refractivity (Wildman–Crippen MR) is 92.2 cm³/mol. The zero-order valence-corrected chi connectivity index (χ0v) is 14.4. The van der Waals surface area contributed by atoms with E-state index in [4.69, 9.17) is 4.52 Å². The van der Waals surface area contributed by atoms with Gasteiger partial charge in [-0.2, -0.15) is 0 Å². The highest BCUT2D eigenvalue weighted by atomic mass is 35.5. The molecule has 2 aromatic rings. The fourth-order valence-corrected chi connectivity index (χ4v) is 2.56. The molecule has 0 radical (unpaired) electrons. The zero-order chi connectivity index (χ0) is 14.7. The van der Waals surface area contributed by atoms with Crippen LogP contribution in [0.15, 0.2) is 35.0 Å². The number of pyridine rings is 1. The number of rotatable bonds is 3. The van der Waals surface area contributed by atoms with Crippen LogP contribution in [0.1, 0.15) is 23.4 Å². The van der Waals surface area contributed by atoms with Gasteiger partial charge in [-0.05, 0) is 32.0 Å². The highest BCUT2D eigenvalue weighted by Crippen LogP contribution is 2.19. The molecule has 1 atom stereocenters. The summed E-state index contributed by atoms with van der Waals surface area (Å²) in [7, 11) is 1.92. The monoisotopic (exact) mass is 358 g/mol. The summed E-state index contributed by atoms with van der Waals surface area (Å²) in [5.74, 6) is 0.164. The minimum atomic E-state index is -0.107. The van der Waals surface area contributed by atoms with Gasteiger partial charge in [-0.3, -0.25) is 9.78 Å². The number of halogens is 2. The van der Waals surface area contributed by atoms with E-state index in [9.17, 15) is 4.79 Å². The van der Waals surface area contributed by atoms with Crippen LogP contribution >= 0.6 is 24.8 Å². The van der Waals surface area contributed by atoms with Crippen LogP contribution < -0.4 is 5.32 Å². The topological polar surface area (TPSA) is 71.3 Å². The van der Waals surface area contributed by atoms with E-state index in [0.717, 1.165) is 19.4 Å². The molecule has 1 unspecified atom stereocenters. The van der Waals surface area contributed by atoms with E-state index in [0.29, 0.717) is 24.0 Å². The average molecular weight is 359 g/mol. The summed E-state index contributed by atoms with van der Waals surface area (Å²) in [6.07, 6.45) is 3.78. The van der Waals surface area contributed by atoms with Crippen molar-refractivity contribution in [1.82, 2.24) is 20.4 Å². The molecule has 0 saturated carbocycles. The molecule has 126 valence electrons. The molecule has 1 fully saturated rings. The summed E-state index contributed by atoms with van der Waals surface area (Å²) in [6.45, 7) is 1.46. The lowest BCUT2D eigenvalue weighted by Crippen LogP contribution is -2.46. The van der Waals surface area contributed by atoms with Crippen molar-refractivity contribution in [1.29, 1.82) is 0 Å². The van der Waals surface area contributed by atoms with Gasteiger partial charge in [0.05, 0.1) is 5.69 Å². The predicted octanol–water partition coefficient (Wildman–Crippen LogP) is 2.40. The molecule has 0 aliphatic carbocycles. The first-order valence-corrected chi connectivity index (χ1v) is 7.12. The SMILES string of the molecule is CNC1CCCN(C(=O)c2cc(-c3ccccn3)no2)C1.Cl.Cl. The maximum atomic E-state index is 12.4. The first kappa shape index (κ1) is 19.4. The maximum Gasteiger partial charge on any atom is 0.292 e. The molecule has 1 aliphatic rings. The third-order valence-electron chi connectivity index (χ3n) is 3.77. The maximum absolute atomic E-state index is 12.4. The molecule has 8 heteroatoms. The van der Waals surface area contributed by atoms with E-state index < -0.39 is 0 Å². The summed E-state index contributed by atoms with van der Waals surface area (Å²) < 4.78 is 5.20. The third-order valence-corrected chi connectivity index (χ3v) is 3.77. The molecule has 2 aromatic heterocycles. The fraction of sp³-hybridized carbons (Fsp3) is 0.400. The number of nitrogens with zero attached hydrogens (tertiary/aromatic N) is 3. The second kappa shape index (κ2) is 8.86. The van der Waals surface area contributed by atoms with Crippen molar-refractivity contribution in [2.24, 2.45) is 0 Å². The van der Waals surface area contributed by atoms with Crippen molar-refractivity contribution in [2.75, 3.05) is 20.1 Å². The Balaban J connectivity index is 0.00000132. The van der Waals surface area contributed by atoms with Crippen LogP contribution in [0.4, 0.5) is 0 Å². The Kier molecular flexibility index (Phi) is 7.48. The van der Waals surface area contributed by atoms with Crippen LogP contribution in [0.3, 0.4) is 0 Å². The third kappa shape index (κ3) is 4.43. The molecule has 3 rings (SSSR count). The number of aromatic nitrogens is 2. The second-order valence-electron chi connectivity index (χ2n) is 5.17. The number of carbonyl (C=O) groups is 1. The van der Waals surface area contributed by atoms with Gasteiger partial charge in [0.2, 0.25) is 5.76 Å². The Bertz CT molecular complexity index is 621. The van der Waals surface area contributed by atoms with Crippen LogP contribution in [0.25, 0.3) is 11.4 Å². The smallest absolute Gasteiger partial charge is 0.292 e. The number of likely N-dealkylation sites (tertiary alicyclic amines) is 1. The van der Waals surface area contributed by atoms with Crippen LogP contribution in [0.2, 0.25) is 0 Å². The van der Waals surface area contributed by atoms with Gasteiger partial charge in [-0.25, -0.2) is 0 Å². The van der Waals surface area contributed by atoms with Gasteiger partial charge in [-0.15, -0.1) is 24.8 Å². The van der Waals surface area contributed by atoms with Crippen LogP contribution in [0, 0.1) is 0 Å². The van der Waals surface area contributed by atoms with Gasteiger partial charge in [0, 0.05) is 31.4 Å². The van der Waals surface area contributed by atoms with Crippen LogP contribution in [-0.4, -0.2) is 47.1 Å². The molecule has 1 saturated heterocycles. The van der Waals surface area contributed by atoms with E-state index in [-0.39, 0.29) is 36.5 Å². The number of amides is 1. The molecule has 0 bridgehead atoms. The molecule has 0 spiro atoms. The van der Waals surface area contributed by atoms with Crippen molar-refractivity contribution in [3.63, 3.8) is 0 Å². The number of hydrogen-bond donors (Lipinski definition) is 1. The molecule has 3 heterocycles. The van der Waals surface area contributed by atoms with E-state index in [1.165, 1.54) is 0 Å². The summed E-state index contributed by atoms with van der Waals surface area (Å²) >= 11 is 0. The molecule has 6 nitrogen and oxygen atoms in total. The highest BCUT2D eigenvalue weighted by molar-refractivity contribution is 5.92. The standard InChI is InChI=1S/C15H18N4O2.2ClH/c1-16-11-5-4-8-19(10-11)15(20)14-9-13(18-21-14)12-6-2-3-7-17-12;;/h2-3,6-7,9,11,16H,4-5,8,10H2,1H3;2*1H. The molecule has 23 heavy (non-hydrogen) atoms. The van der Waals surface area contributed by atoms with Crippen molar-refractivity contribution in [3.8, 4) is 11.4 Å². The number of nitrogens with one attached hydrogen (secondary N) is 1. The average Bonchev–Trinajstić information content (AvgIpc) is 3.05. The van der Waals surface area contributed by atoms with Crippen LogP contribution in [0.5, 0.6) is 0 Å². The normalized spacial score (nSPS) is 17.1. The Morgan fingerprint density at radius 3 is 2.87 bits per heavy atom. The van der Waals surface area contributed by atoms with Gasteiger partial charge in [0.25, 0.3) is 5.91 Å². The van der Waals surface area contributed by atoms with Crippen molar-refractivity contribution in [2.45, 2.75) is 18.9 Å². The second-order valence-corrected chi connectivity index (χ2v) is 5.17. The summed E-state index contributed by atoms with van der Waals surface area (Å²) in [4.78, 5) is 18.5. The lowest BCUT2D eigenvalue weighted by atomic mass is 10.1. The highest BCUT2D eigenvalue weighted by Gasteiger charge is 2.26. The first-order valence-electron chi connectivity index (χ1n) is 7.12.